The van der Waals surface area contributed by atoms with Gasteiger partial charge in [-0.05, 0) is 77.7 Å². The van der Waals surface area contributed by atoms with Crippen molar-refractivity contribution in [2.75, 3.05) is 0 Å². The topological polar surface area (TPSA) is 0 Å². The minimum absolute atomic E-state index is 0.0767. The van der Waals surface area contributed by atoms with Crippen LogP contribution in [-0.4, -0.2) is 0 Å². The second-order valence-electron chi connectivity index (χ2n) is 8.06. The Kier molecular flexibility index (Phi) is 7.18. The van der Waals surface area contributed by atoms with Crippen LogP contribution >= 0.6 is 0 Å². The van der Waals surface area contributed by atoms with E-state index < -0.39 is 34.4 Å². The molecule has 4 aromatic rings. The van der Waals surface area contributed by atoms with Crippen LogP contribution in [-0.2, 0) is 6.42 Å². The van der Waals surface area contributed by atoms with Crippen molar-refractivity contribution >= 4 is 10.8 Å². The molecule has 0 aromatic heterocycles. The van der Waals surface area contributed by atoms with Gasteiger partial charge in [-0.1, -0.05) is 49.2 Å². The molecule has 0 aliphatic heterocycles. The molecule has 0 nitrogen and oxygen atoms in total. The molecule has 0 aliphatic rings. The zero-order valence-corrected chi connectivity index (χ0v) is 18.8. The van der Waals surface area contributed by atoms with Gasteiger partial charge in [-0.25, -0.2) is 22.0 Å². The minimum atomic E-state index is -0.944. The van der Waals surface area contributed by atoms with Crippen LogP contribution in [0.15, 0.2) is 60.7 Å². The summed E-state index contributed by atoms with van der Waals surface area (Å²) in [7, 11) is 0. The molecule has 0 bridgehead atoms. The highest BCUT2D eigenvalue weighted by atomic mass is 19.1. The van der Waals surface area contributed by atoms with Gasteiger partial charge in [0.05, 0.1) is 11.1 Å². The van der Waals surface area contributed by atoms with Crippen LogP contribution in [0, 0.1) is 52.8 Å². The molecule has 35 heavy (non-hydrogen) atoms. The molecular weight excluding hydrogens is 455 g/mol. The summed E-state index contributed by atoms with van der Waals surface area (Å²) >= 11 is 0. The van der Waals surface area contributed by atoms with Crippen molar-refractivity contribution in [1.82, 2.24) is 0 Å². The number of fused-ring (bicyclic) bond motifs is 1. The van der Waals surface area contributed by atoms with Gasteiger partial charge < -0.3 is 0 Å². The molecule has 4 aromatic carbocycles. The average molecular weight is 474 g/mol. The van der Waals surface area contributed by atoms with Crippen LogP contribution in [0.3, 0.4) is 0 Å². The summed E-state index contributed by atoms with van der Waals surface area (Å²) < 4.78 is 71.1. The van der Waals surface area contributed by atoms with E-state index in [-0.39, 0.29) is 11.4 Å². The fourth-order valence-corrected chi connectivity index (χ4v) is 3.60. The first kappa shape index (κ1) is 24.0. The standard InChI is InChI=1S/C30H19F5/c1-2-3-4-20-14-27(32)26(28(33)15-20)12-7-21-16-29(34)25(30(35)17-21)11-6-19-5-8-23-18-24(31)10-9-22(23)13-19/h5,8-10,13-18H,2-4H2,1H3. The average Bonchev–Trinajstić information content (AvgIpc) is 2.81. The van der Waals surface area contributed by atoms with Crippen LogP contribution in [0.1, 0.15) is 47.6 Å². The van der Waals surface area contributed by atoms with E-state index in [0.29, 0.717) is 22.9 Å². The van der Waals surface area contributed by atoms with E-state index in [4.69, 9.17) is 0 Å². The van der Waals surface area contributed by atoms with Gasteiger partial charge in [0.2, 0.25) is 0 Å². The maximum atomic E-state index is 14.6. The third-order valence-electron chi connectivity index (χ3n) is 5.43. The Labute approximate surface area is 200 Å². The lowest BCUT2D eigenvalue weighted by atomic mass is 10.0. The Hall–Kier alpha value is -4.09. The molecule has 0 spiro atoms. The number of hydrogen-bond donors (Lipinski definition) is 0. The fraction of sp³-hybridized carbons (Fsp3) is 0.133. The summed E-state index contributed by atoms with van der Waals surface area (Å²) in [6.45, 7) is 1.98. The van der Waals surface area contributed by atoms with Crippen LogP contribution in [0.4, 0.5) is 22.0 Å². The van der Waals surface area contributed by atoms with Crippen molar-refractivity contribution in [1.29, 1.82) is 0 Å². The third kappa shape index (κ3) is 5.70. The zero-order chi connectivity index (χ0) is 24.9. The van der Waals surface area contributed by atoms with E-state index >= 15 is 0 Å². The summed E-state index contributed by atoms with van der Waals surface area (Å²) in [6.07, 6.45) is 2.25. The second kappa shape index (κ2) is 10.5. The predicted molar refractivity (Wildman–Crippen MR) is 127 cm³/mol. The number of hydrogen-bond acceptors (Lipinski definition) is 0. The molecule has 0 N–H and O–H groups in total. The molecule has 174 valence electrons. The van der Waals surface area contributed by atoms with E-state index in [1.54, 1.807) is 24.3 Å². The number of unbranched alkanes of at least 4 members (excludes halogenated alkanes) is 1. The molecule has 0 atom stereocenters. The SMILES string of the molecule is CCCCc1cc(F)c(C#Cc2cc(F)c(C#Cc3ccc4cc(F)ccc4c3)c(F)c2)c(F)c1. The highest BCUT2D eigenvalue weighted by molar-refractivity contribution is 5.84. The smallest absolute Gasteiger partial charge is 0.143 e. The molecule has 5 heteroatoms. The minimum Gasteiger partial charge on any atom is -0.207 e. The predicted octanol–water partition coefficient (Wildman–Crippen LogP) is 7.68. The lowest BCUT2D eigenvalue weighted by Crippen LogP contribution is -1.96. The van der Waals surface area contributed by atoms with E-state index in [9.17, 15) is 22.0 Å². The van der Waals surface area contributed by atoms with Gasteiger partial charge in [-0.2, -0.15) is 0 Å². The Morgan fingerprint density at radius 3 is 1.74 bits per heavy atom. The maximum absolute atomic E-state index is 14.6. The number of rotatable bonds is 3. The highest BCUT2D eigenvalue weighted by Crippen LogP contribution is 2.19. The summed E-state index contributed by atoms with van der Waals surface area (Å²) in [6, 6.07) is 13.7. The van der Waals surface area contributed by atoms with Crippen molar-refractivity contribution in [3.05, 3.63) is 118 Å². The van der Waals surface area contributed by atoms with Gasteiger partial charge >= 0.3 is 0 Å². The molecule has 4 rings (SSSR count). The Morgan fingerprint density at radius 2 is 1.11 bits per heavy atom. The van der Waals surface area contributed by atoms with Crippen molar-refractivity contribution in [3.63, 3.8) is 0 Å². The molecular formula is C30H19F5. The van der Waals surface area contributed by atoms with Crippen LogP contribution in [0.5, 0.6) is 0 Å². The molecule has 0 amide bonds. The molecule has 0 radical (unpaired) electrons. The Balaban J connectivity index is 1.60. The number of aryl methyl sites for hydroxylation is 1. The second-order valence-corrected chi connectivity index (χ2v) is 8.06. The van der Waals surface area contributed by atoms with Crippen molar-refractivity contribution in [2.24, 2.45) is 0 Å². The number of halogens is 5. The monoisotopic (exact) mass is 474 g/mol. The lowest BCUT2D eigenvalue weighted by molar-refractivity contribution is 0.572. The van der Waals surface area contributed by atoms with Crippen molar-refractivity contribution < 1.29 is 22.0 Å². The fourth-order valence-electron chi connectivity index (χ4n) is 3.60. The zero-order valence-electron chi connectivity index (χ0n) is 18.8. The van der Waals surface area contributed by atoms with Crippen LogP contribution < -0.4 is 0 Å². The van der Waals surface area contributed by atoms with E-state index in [2.05, 4.69) is 23.7 Å². The normalized spacial score (nSPS) is 10.5. The summed E-state index contributed by atoms with van der Waals surface area (Å²) in [4.78, 5) is 0. The van der Waals surface area contributed by atoms with Crippen LogP contribution in [0.25, 0.3) is 10.8 Å². The highest BCUT2D eigenvalue weighted by Gasteiger charge is 2.11. The van der Waals surface area contributed by atoms with Crippen molar-refractivity contribution in [3.8, 4) is 23.7 Å². The van der Waals surface area contributed by atoms with Gasteiger partial charge in [0.15, 0.2) is 0 Å². The van der Waals surface area contributed by atoms with Gasteiger partial charge in [0.1, 0.15) is 29.1 Å². The van der Waals surface area contributed by atoms with Crippen LogP contribution in [0.2, 0.25) is 0 Å². The van der Waals surface area contributed by atoms with E-state index in [1.165, 1.54) is 24.3 Å². The molecule has 0 aliphatic carbocycles. The van der Waals surface area contributed by atoms with E-state index in [1.807, 2.05) is 6.92 Å². The quantitative estimate of drug-likeness (QED) is 0.211. The summed E-state index contributed by atoms with van der Waals surface area (Å²) in [5.74, 6) is 6.06. The first-order valence-electron chi connectivity index (χ1n) is 11.0. The molecule has 0 fully saturated rings. The molecule has 0 saturated carbocycles. The summed E-state index contributed by atoms with van der Waals surface area (Å²) in [5.41, 5.74) is 0.0526. The van der Waals surface area contributed by atoms with Gasteiger partial charge in [0.25, 0.3) is 0 Å². The van der Waals surface area contributed by atoms with Gasteiger partial charge in [0, 0.05) is 11.1 Å². The molecule has 0 saturated heterocycles. The first-order valence-corrected chi connectivity index (χ1v) is 11.0. The van der Waals surface area contributed by atoms with Crippen molar-refractivity contribution in [2.45, 2.75) is 26.2 Å². The largest absolute Gasteiger partial charge is 0.207 e. The lowest BCUT2D eigenvalue weighted by Gasteiger charge is -2.03. The Morgan fingerprint density at radius 1 is 0.571 bits per heavy atom. The maximum Gasteiger partial charge on any atom is 0.143 e. The van der Waals surface area contributed by atoms with Gasteiger partial charge in [-0.3, -0.25) is 0 Å². The van der Waals surface area contributed by atoms with Gasteiger partial charge in [-0.15, -0.1) is 0 Å². The number of benzene rings is 4. The third-order valence-corrected chi connectivity index (χ3v) is 5.43. The van der Waals surface area contributed by atoms with E-state index in [0.717, 1.165) is 30.4 Å². The Bertz CT molecular complexity index is 1500. The summed E-state index contributed by atoms with van der Waals surface area (Å²) in [5, 5.41) is 1.42. The first-order chi connectivity index (χ1) is 16.8. The molecule has 0 heterocycles. The molecule has 0 unspecified atom stereocenters.